The van der Waals surface area contributed by atoms with Gasteiger partial charge in [0.25, 0.3) is 5.91 Å². The third kappa shape index (κ3) is 4.77. The molecule has 3 atom stereocenters. The Morgan fingerprint density at radius 3 is 2.25 bits per heavy atom. The van der Waals surface area contributed by atoms with Gasteiger partial charge in [-0.05, 0) is 44.0 Å². The third-order valence-electron chi connectivity index (χ3n) is 6.41. The number of nitrogens with zero attached hydrogens (tertiary/aromatic N) is 2. The molecule has 0 unspecified atom stereocenters. The van der Waals surface area contributed by atoms with Crippen LogP contribution in [0.2, 0.25) is 0 Å². The number of esters is 1. The number of amides is 3. The lowest BCUT2D eigenvalue weighted by molar-refractivity contribution is -0.158. The molecule has 9 heteroatoms. The Bertz CT molecular complexity index is 856. The Hall–Kier alpha value is -2.94. The molecular formula is C23H29N3O6. The molecule has 2 heterocycles. The van der Waals surface area contributed by atoms with Crippen LogP contribution >= 0.6 is 0 Å². The zero-order valence-electron chi connectivity index (χ0n) is 18.2. The normalized spacial score (nSPS) is 24.2. The highest BCUT2D eigenvalue weighted by atomic mass is 16.5. The predicted octanol–water partition coefficient (Wildman–Crippen LogP) is 1.57. The van der Waals surface area contributed by atoms with Gasteiger partial charge in [-0.2, -0.15) is 0 Å². The second kappa shape index (κ2) is 9.68. The fourth-order valence-corrected chi connectivity index (χ4v) is 4.62. The van der Waals surface area contributed by atoms with Crippen molar-refractivity contribution < 1.29 is 28.7 Å². The Morgan fingerprint density at radius 1 is 1.06 bits per heavy atom. The number of ether oxygens (including phenoxy) is 2. The second-order valence-electron chi connectivity index (χ2n) is 8.53. The maximum atomic E-state index is 12.5. The number of carbonyl (C=O) groups excluding carboxylic acids is 4. The molecule has 2 saturated heterocycles. The molecule has 1 aromatic carbocycles. The summed E-state index contributed by atoms with van der Waals surface area (Å²) in [6, 6.07) is 7.42. The number of fused-ring (bicyclic) bond motifs is 1. The summed E-state index contributed by atoms with van der Waals surface area (Å²) in [4.78, 5) is 53.0. The molecule has 32 heavy (non-hydrogen) atoms. The average molecular weight is 444 g/mol. The first-order valence-corrected chi connectivity index (χ1v) is 11.2. The van der Waals surface area contributed by atoms with Crippen LogP contribution in [0.5, 0.6) is 0 Å². The quantitative estimate of drug-likeness (QED) is 0.526. The molecule has 9 nitrogen and oxygen atoms in total. The molecule has 0 spiro atoms. The van der Waals surface area contributed by atoms with Gasteiger partial charge < -0.3 is 19.7 Å². The van der Waals surface area contributed by atoms with Crippen LogP contribution in [0.4, 0.5) is 11.4 Å². The van der Waals surface area contributed by atoms with Crippen LogP contribution in [0.1, 0.15) is 32.6 Å². The Labute approximate surface area is 187 Å². The highest BCUT2D eigenvalue weighted by molar-refractivity contribution is 6.07. The number of morpholine rings is 1. The number of imide groups is 1. The molecule has 1 aromatic rings. The summed E-state index contributed by atoms with van der Waals surface area (Å²) in [5, 5.41) is 2.72. The summed E-state index contributed by atoms with van der Waals surface area (Å²) in [5.74, 6) is -2.47. The van der Waals surface area contributed by atoms with Crippen molar-refractivity contribution in [2.45, 2.75) is 38.7 Å². The van der Waals surface area contributed by atoms with Crippen molar-refractivity contribution in [2.24, 2.45) is 11.8 Å². The summed E-state index contributed by atoms with van der Waals surface area (Å²) in [5.41, 5.74) is 1.63. The van der Waals surface area contributed by atoms with E-state index in [0.29, 0.717) is 31.7 Å². The zero-order valence-corrected chi connectivity index (χ0v) is 18.2. The smallest absolute Gasteiger partial charge is 0.326 e. The van der Waals surface area contributed by atoms with Crippen LogP contribution in [0.3, 0.4) is 0 Å². The fraction of sp³-hybridized carbons (Fsp3) is 0.565. The van der Waals surface area contributed by atoms with E-state index in [9.17, 15) is 19.2 Å². The van der Waals surface area contributed by atoms with Crippen LogP contribution < -0.4 is 10.2 Å². The molecule has 1 aliphatic carbocycles. The number of hydrogen-bond acceptors (Lipinski definition) is 7. The maximum absolute atomic E-state index is 12.5. The fourth-order valence-electron chi connectivity index (χ4n) is 4.62. The van der Waals surface area contributed by atoms with E-state index in [1.165, 1.54) is 6.92 Å². The van der Waals surface area contributed by atoms with Crippen molar-refractivity contribution in [3.8, 4) is 0 Å². The van der Waals surface area contributed by atoms with Crippen LogP contribution in [0.25, 0.3) is 0 Å². The van der Waals surface area contributed by atoms with E-state index in [2.05, 4.69) is 10.2 Å². The van der Waals surface area contributed by atoms with E-state index in [-0.39, 0.29) is 23.7 Å². The largest absolute Gasteiger partial charge is 0.451 e. The van der Waals surface area contributed by atoms with Gasteiger partial charge in [0.1, 0.15) is 6.54 Å². The van der Waals surface area contributed by atoms with E-state index in [4.69, 9.17) is 9.47 Å². The van der Waals surface area contributed by atoms with E-state index in [0.717, 1.165) is 36.5 Å². The van der Waals surface area contributed by atoms with E-state index >= 15 is 0 Å². The standard InChI is InChI=1S/C23H29N3O6/c1-15(21(28)24-16-6-8-17(9-7-16)25-10-12-31-13-11-25)32-20(27)14-26-22(29)18-4-2-3-5-19(18)23(26)30/h6-9,15,18-19H,2-5,10-14H2,1H3,(H,24,28)/t15-,18-,19+/m1/s1. The molecular weight excluding hydrogens is 414 g/mol. The minimum Gasteiger partial charge on any atom is -0.451 e. The molecule has 1 saturated carbocycles. The Kier molecular flexibility index (Phi) is 6.74. The van der Waals surface area contributed by atoms with Gasteiger partial charge in [0.2, 0.25) is 11.8 Å². The topological polar surface area (TPSA) is 105 Å². The first kappa shape index (κ1) is 22.3. The highest BCUT2D eigenvalue weighted by Gasteiger charge is 2.48. The molecule has 2 aliphatic heterocycles. The third-order valence-corrected chi connectivity index (χ3v) is 6.41. The van der Waals surface area contributed by atoms with Gasteiger partial charge >= 0.3 is 5.97 Å². The summed E-state index contributed by atoms with van der Waals surface area (Å²) < 4.78 is 10.5. The minimum absolute atomic E-state index is 0.297. The predicted molar refractivity (Wildman–Crippen MR) is 116 cm³/mol. The molecule has 0 radical (unpaired) electrons. The molecule has 3 fully saturated rings. The first-order valence-electron chi connectivity index (χ1n) is 11.2. The number of hydrogen-bond donors (Lipinski definition) is 1. The van der Waals surface area contributed by atoms with Crippen LogP contribution in [0, 0.1) is 11.8 Å². The maximum Gasteiger partial charge on any atom is 0.326 e. The molecule has 172 valence electrons. The van der Waals surface area contributed by atoms with E-state index < -0.39 is 24.5 Å². The van der Waals surface area contributed by atoms with Crippen molar-refractivity contribution in [1.82, 2.24) is 4.90 Å². The average Bonchev–Trinajstić information content (AvgIpc) is 3.05. The molecule has 1 N–H and O–H groups in total. The van der Waals surface area contributed by atoms with Crippen LogP contribution in [0.15, 0.2) is 24.3 Å². The zero-order chi connectivity index (χ0) is 22.7. The molecule has 3 aliphatic rings. The second-order valence-corrected chi connectivity index (χ2v) is 8.53. The number of rotatable bonds is 6. The van der Waals surface area contributed by atoms with Gasteiger partial charge in [-0.25, -0.2) is 0 Å². The van der Waals surface area contributed by atoms with Gasteiger partial charge in [-0.3, -0.25) is 24.1 Å². The molecule has 4 rings (SSSR count). The van der Waals surface area contributed by atoms with Crippen LogP contribution in [-0.2, 0) is 28.7 Å². The van der Waals surface area contributed by atoms with Crippen LogP contribution in [-0.4, -0.2) is 67.5 Å². The van der Waals surface area contributed by atoms with Crippen molar-refractivity contribution in [3.05, 3.63) is 24.3 Å². The Balaban J connectivity index is 1.27. The minimum atomic E-state index is -1.06. The SMILES string of the molecule is C[C@@H](OC(=O)CN1C(=O)[C@H]2CCCC[C@H]2C1=O)C(=O)Nc1ccc(N2CCOCC2)cc1. The van der Waals surface area contributed by atoms with Crippen molar-refractivity contribution >= 4 is 35.1 Å². The summed E-state index contributed by atoms with van der Waals surface area (Å²) >= 11 is 0. The summed E-state index contributed by atoms with van der Waals surface area (Å²) in [6.07, 6.45) is 2.15. The lowest BCUT2D eigenvalue weighted by atomic mass is 9.81. The number of carbonyl (C=O) groups is 4. The van der Waals surface area contributed by atoms with Crippen molar-refractivity contribution in [1.29, 1.82) is 0 Å². The molecule has 0 aromatic heterocycles. The first-order chi connectivity index (χ1) is 15.4. The lowest BCUT2D eigenvalue weighted by Gasteiger charge is -2.28. The van der Waals surface area contributed by atoms with E-state index in [1.54, 1.807) is 12.1 Å². The number of likely N-dealkylation sites (tertiary alicyclic amines) is 1. The number of benzene rings is 1. The molecule has 0 bridgehead atoms. The van der Waals surface area contributed by atoms with E-state index in [1.807, 2.05) is 12.1 Å². The number of nitrogens with one attached hydrogen (secondary N) is 1. The molecule has 3 amide bonds. The monoisotopic (exact) mass is 443 g/mol. The van der Waals surface area contributed by atoms with Gasteiger partial charge in [0, 0.05) is 24.5 Å². The Morgan fingerprint density at radius 2 is 1.66 bits per heavy atom. The van der Waals surface area contributed by atoms with Gasteiger partial charge in [0.05, 0.1) is 25.0 Å². The van der Waals surface area contributed by atoms with Gasteiger partial charge in [-0.15, -0.1) is 0 Å². The van der Waals surface area contributed by atoms with Gasteiger partial charge in [-0.1, -0.05) is 12.8 Å². The summed E-state index contributed by atoms with van der Waals surface area (Å²) in [6.45, 7) is 4.04. The number of anilines is 2. The van der Waals surface area contributed by atoms with Crippen molar-refractivity contribution in [3.63, 3.8) is 0 Å². The summed E-state index contributed by atoms with van der Waals surface area (Å²) in [7, 11) is 0. The highest BCUT2D eigenvalue weighted by Crippen LogP contribution is 2.37. The van der Waals surface area contributed by atoms with Crippen molar-refractivity contribution in [2.75, 3.05) is 43.1 Å². The lowest BCUT2D eigenvalue weighted by Crippen LogP contribution is -2.39. The van der Waals surface area contributed by atoms with Gasteiger partial charge in [0.15, 0.2) is 6.10 Å².